The van der Waals surface area contributed by atoms with E-state index in [1.807, 2.05) is 62.4 Å². The molecule has 3 atom stereocenters. The molecule has 0 bridgehead atoms. The lowest BCUT2D eigenvalue weighted by Gasteiger charge is -2.29. The summed E-state index contributed by atoms with van der Waals surface area (Å²) < 4.78 is 11.0. The molecule has 3 unspecified atom stereocenters. The lowest BCUT2D eigenvalue weighted by molar-refractivity contribution is -0.130. The second kappa shape index (κ2) is 19.8. The first-order chi connectivity index (χ1) is 22.8. The van der Waals surface area contributed by atoms with Crippen LogP contribution in [0.1, 0.15) is 55.5 Å². The van der Waals surface area contributed by atoms with Crippen molar-refractivity contribution in [2.45, 2.75) is 77.1 Å². The van der Waals surface area contributed by atoms with Gasteiger partial charge in [0.15, 0.2) is 0 Å². The first-order valence-electron chi connectivity index (χ1n) is 16.6. The SMILES string of the molecule is CC(C)CC(=O)NC(CCN1CCOCC1)C(=O)NC(CCC(Cc1ccccc1)NC(=O)OCc1cncs1)Cc1ccccc1. The Morgan fingerprint density at radius 1 is 0.872 bits per heavy atom. The number of alkyl carbamates (subject to hydrolysis) is 1. The quantitative estimate of drug-likeness (QED) is 0.180. The smallest absolute Gasteiger partial charge is 0.407 e. The van der Waals surface area contributed by atoms with Gasteiger partial charge >= 0.3 is 6.09 Å². The van der Waals surface area contributed by atoms with Gasteiger partial charge in [-0.05, 0) is 49.1 Å². The maximum atomic E-state index is 13.9. The molecule has 254 valence electrons. The number of nitrogens with zero attached hydrogens (tertiary/aromatic N) is 2. The second-order valence-corrected chi connectivity index (χ2v) is 13.5. The Balaban J connectivity index is 1.45. The molecule has 0 aliphatic carbocycles. The van der Waals surface area contributed by atoms with Gasteiger partial charge < -0.3 is 25.4 Å². The van der Waals surface area contributed by atoms with Crippen molar-refractivity contribution in [3.05, 3.63) is 88.4 Å². The van der Waals surface area contributed by atoms with Crippen molar-refractivity contribution in [2.24, 2.45) is 5.92 Å². The Hall–Kier alpha value is -3.80. The molecule has 4 rings (SSSR count). The summed E-state index contributed by atoms with van der Waals surface area (Å²) in [7, 11) is 0. The van der Waals surface area contributed by atoms with Crippen molar-refractivity contribution < 1.29 is 23.9 Å². The lowest BCUT2D eigenvalue weighted by Crippen LogP contribution is -2.52. The van der Waals surface area contributed by atoms with Crippen LogP contribution in [0.5, 0.6) is 0 Å². The highest BCUT2D eigenvalue weighted by Gasteiger charge is 2.26. The van der Waals surface area contributed by atoms with Gasteiger partial charge in [0.1, 0.15) is 12.6 Å². The zero-order chi connectivity index (χ0) is 33.3. The summed E-state index contributed by atoms with van der Waals surface area (Å²) in [4.78, 5) is 46.8. The number of benzene rings is 2. The molecule has 1 aliphatic heterocycles. The largest absolute Gasteiger partial charge is 0.444 e. The zero-order valence-corrected chi connectivity index (χ0v) is 28.4. The number of carbonyl (C=O) groups excluding carboxylic acids is 3. The highest BCUT2D eigenvalue weighted by atomic mass is 32.1. The van der Waals surface area contributed by atoms with Crippen molar-refractivity contribution in [3.8, 4) is 0 Å². The molecule has 1 saturated heterocycles. The van der Waals surface area contributed by atoms with Crippen LogP contribution in [0.4, 0.5) is 4.79 Å². The van der Waals surface area contributed by atoms with Gasteiger partial charge in [-0.1, -0.05) is 74.5 Å². The summed E-state index contributed by atoms with van der Waals surface area (Å²) in [6, 6.07) is 19.0. The van der Waals surface area contributed by atoms with Crippen LogP contribution in [0.3, 0.4) is 0 Å². The van der Waals surface area contributed by atoms with Crippen LogP contribution in [0.15, 0.2) is 72.4 Å². The van der Waals surface area contributed by atoms with E-state index in [0.717, 1.165) is 29.1 Å². The van der Waals surface area contributed by atoms with E-state index >= 15 is 0 Å². The van der Waals surface area contributed by atoms with E-state index in [2.05, 4.69) is 38.0 Å². The first kappa shape index (κ1) is 36.0. The van der Waals surface area contributed by atoms with E-state index in [0.29, 0.717) is 58.3 Å². The van der Waals surface area contributed by atoms with E-state index in [1.165, 1.54) is 11.3 Å². The third kappa shape index (κ3) is 13.8. The Labute approximate surface area is 282 Å². The van der Waals surface area contributed by atoms with Crippen LogP contribution in [0.25, 0.3) is 0 Å². The molecule has 0 spiro atoms. The third-order valence-corrected chi connectivity index (χ3v) is 8.85. The van der Waals surface area contributed by atoms with E-state index < -0.39 is 12.1 Å². The lowest BCUT2D eigenvalue weighted by atomic mass is 9.95. The number of aromatic nitrogens is 1. The fourth-order valence-electron chi connectivity index (χ4n) is 5.64. The molecule has 0 radical (unpaired) electrons. The van der Waals surface area contributed by atoms with Gasteiger partial charge in [-0.25, -0.2) is 4.79 Å². The molecule has 1 aliphatic rings. The number of thiazole rings is 1. The summed E-state index contributed by atoms with van der Waals surface area (Å²) >= 11 is 1.44. The molecule has 11 heteroatoms. The average Bonchev–Trinajstić information content (AvgIpc) is 3.59. The maximum Gasteiger partial charge on any atom is 0.407 e. The average molecular weight is 664 g/mol. The summed E-state index contributed by atoms with van der Waals surface area (Å²) in [6.07, 6.45) is 4.55. The molecular weight excluding hydrogens is 614 g/mol. The van der Waals surface area contributed by atoms with Crippen molar-refractivity contribution in [1.29, 1.82) is 0 Å². The van der Waals surface area contributed by atoms with E-state index in [9.17, 15) is 14.4 Å². The number of ether oxygens (including phenoxy) is 2. The van der Waals surface area contributed by atoms with E-state index in [1.54, 1.807) is 11.7 Å². The summed E-state index contributed by atoms with van der Waals surface area (Å²) in [5, 5.41) is 9.36. The fourth-order valence-corrected chi connectivity index (χ4v) is 6.15. The van der Waals surface area contributed by atoms with Crippen LogP contribution >= 0.6 is 11.3 Å². The molecule has 3 aromatic rings. The van der Waals surface area contributed by atoms with Crippen LogP contribution in [-0.4, -0.2) is 78.8 Å². The van der Waals surface area contributed by atoms with Gasteiger partial charge in [0, 0.05) is 44.3 Å². The summed E-state index contributed by atoms with van der Waals surface area (Å²) in [5.41, 5.74) is 3.90. The standard InChI is InChI=1S/C36H49N5O5S/c1-27(2)21-34(42)40-33(15-16-41-17-19-45-20-18-41)35(43)38-30(22-28-9-5-3-6-10-28)13-14-31(23-29-11-7-4-8-12-29)39-36(44)46-25-32-24-37-26-47-32/h3-12,24,26-27,30-31,33H,13-23,25H2,1-2H3,(H,38,43)(H,39,44)(H,40,42). The third-order valence-electron chi connectivity index (χ3n) is 8.09. The Morgan fingerprint density at radius 3 is 2.06 bits per heavy atom. The molecule has 1 aromatic heterocycles. The van der Waals surface area contributed by atoms with Crippen molar-refractivity contribution in [1.82, 2.24) is 25.8 Å². The van der Waals surface area contributed by atoms with Gasteiger partial charge in [0.2, 0.25) is 11.8 Å². The zero-order valence-electron chi connectivity index (χ0n) is 27.6. The number of carbonyl (C=O) groups is 3. The number of nitrogens with one attached hydrogen (secondary N) is 3. The van der Waals surface area contributed by atoms with Crippen LogP contribution in [0.2, 0.25) is 0 Å². The van der Waals surface area contributed by atoms with Crippen LogP contribution in [-0.2, 0) is 38.5 Å². The van der Waals surface area contributed by atoms with Gasteiger partial charge in [0.05, 0.1) is 23.6 Å². The number of rotatable bonds is 18. The summed E-state index contributed by atoms with van der Waals surface area (Å²) in [6.45, 7) is 7.82. The van der Waals surface area contributed by atoms with Gasteiger partial charge in [-0.15, -0.1) is 11.3 Å². The second-order valence-electron chi connectivity index (χ2n) is 12.5. The molecule has 2 heterocycles. The molecule has 10 nitrogen and oxygen atoms in total. The monoisotopic (exact) mass is 663 g/mol. The number of hydrogen-bond donors (Lipinski definition) is 3. The predicted octanol–water partition coefficient (Wildman–Crippen LogP) is 4.74. The number of morpholine rings is 1. The summed E-state index contributed by atoms with van der Waals surface area (Å²) in [5.74, 6) is -0.120. The first-order valence-corrected chi connectivity index (χ1v) is 17.5. The highest BCUT2D eigenvalue weighted by molar-refractivity contribution is 7.09. The Kier molecular flexibility index (Phi) is 15.2. The Morgan fingerprint density at radius 2 is 1.49 bits per heavy atom. The van der Waals surface area contributed by atoms with Crippen molar-refractivity contribution >= 4 is 29.2 Å². The molecule has 0 saturated carbocycles. The molecule has 2 aromatic carbocycles. The Bertz CT molecular complexity index is 1340. The van der Waals surface area contributed by atoms with Gasteiger partial charge in [-0.2, -0.15) is 0 Å². The molecule has 3 N–H and O–H groups in total. The van der Waals surface area contributed by atoms with Crippen molar-refractivity contribution in [2.75, 3.05) is 32.8 Å². The number of hydrogen-bond acceptors (Lipinski definition) is 8. The van der Waals surface area contributed by atoms with Crippen LogP contribution in [0, 0.1) is 5.92 Å². The molecule has 47 heavy (non-hydrogen) atoms. The minimum atomic E-state index is -0.651. The maximum absolute atomic E-state index is 13.9. The van der Waals surface area contributed by atoms with E-state index in [-0.39, 0.29) is 36.4 Å². The van der Waals surface area contributed by atoms with Crippen molar-refractivity contribution in [3.63, 3.8) is 0 Å². The van der Waals surface area contributed by atoms with Gasteiger partial charge in [0.25, 0.3) is 0 Å². The van der Waals surface area contributed by atoms with Crippen LogP contribution < -0.4 is 16.0 Å². The van der Waals surface area contributed by atoms with E-state index in [4.69, 9.17) is 9.47 Å². The fraction of sp³-hybridized carbons (Fsp3) is 0.500. The molecule has 3 amide bonds. The highest BCUT2D eigenvalue weighted by Crippen LogP contribution is 2.15. The number of amides is 3. The molecular formula is C36H49N5O5S. The predicted molar refractivity (Wildman–Crippen MR) is 184 cm³/mol. The normalized spacial score (nSPS) is 15.4. The molecule has 1 fully saturated rings. The topological polar surface area (TPSA) is 122 Å². The minimum absolute atomic E-state index is 0.120. The van der Waals surface area contributed by atoms with Gasteiger partial charge in [-0.3, -0.25) is 19.5 Å². The minimum Gasteiger partial charge on any atom is -0.444 e.